The molecule has 19 heavy (non-hydrogen) atoms. The lowest BCUT2D eigenvalue weighted by Gasteiger charge is -2.18. The molecule has 0 aliphatic carbocycles. The highest BCUT2D eigenvalue weighted by molar-refractivity contribution is 6.30. The van der Waals surface area contributed by atoms with Crippen LogP contribution in [0.5, 0.6) is 0 Å². The van der Waals surface area contributed by atoms with Crippen LogP contribution in [0, 0.1) is 11.3 Å². The molecule has 1 aromatic rings. The second-order valence-electron chi connectivity index (χ2n) is 3.76. The van der Waals surface area contributed by atoms with E-state index in [0.717, 1.165) is 0 Å². The number of benzene rings is 1. The van der Waals surface area contributed by atoms with E-state index >= 15 is 0 Å². The molecule has 0 unspecified atom stereocenters. The first-order valence-corrected chi connectivity index (χ1v) is 6.43. The van der Waals surface area contributed by atoms with Gasteiger partial charge in [-0.2, -0.15) is 5.26 Å². The van der Waals surface area contributed by atoms with Crippen LogP contribution in [-0.4, -0.2) is 25.3 Å². The highest BCUT2D eigenvalue weighted by atomic mass is 35.5. The van der Waals surface area contributed by atoms with Gasteiger partial charge in [-0.1, -0.05) is 23.7 Å². The van der Waals surface area contributed by atoms with E-state index in [1.165, 1.54) is 0 Å². The minimum absolute atomic E-state index is 0.342. The normalized spacial score (nSPS) is 12.2. The zero-order valence-electron chi connectivity index (χ0n) is 10.9. The van der Waals surface area contributed by atoms with E-state index in [2.05, 4.69) is 0 Å². The summed E-state index contributed by atoms with van der Waals surface area (Å²) in [5.74, 6) is -1.31. The third-order valence-electron chi connectivity index (χ3n) is 2.49. The molecule has 1 atom stereocenters. The minimum atomic E-state index is -1.00. The number of rotatable bonds is 7. The summed E-state index contributed by atoms with van der Waals surface area (Å²) < 4.78 is 10.4. The molecule has 0 aliphatic rings. The van der Waals surface area contributed by atoms with Gasteiger partial charge in [-0.15, -0.1) is 0 Å². The van der Waals surface area contributed by atoms with Crippen molar-refractivity contribution < 1.29 is 14.3 Å². The highest BCUT2D eigenvalue weighted by Gasteiger charge is 2.29. The van der Waals surface area contributed by atoms with Crippen LogP contribution < -0.4 is 0 Å². The molecule has 0 spiro atoms. The van der Waals surface area contributed by atoms with Crippen LogP contribution in [-0.2, 0) is 14.3 Å². The topological polar surface area (TPSA) is 59.3 Å². The maximum Gasteiger partial charge on any atom is 0.219 e. The fourth-order valence-electron chi connectivity index (χ4n) is 1.61. The molecule has 5 heteroatoms. The molecule has 0 aliphatic heterocycles. The number of ether oxygens (including phenoxy) is 2. The number of nitriles is 1. The van der Waals surface area contributed by atoms with Crippen molar-refractivity contribution in [1.29, 1.82) is 5.26 Å². The first kappa shape index (κ1) is 15.6. The summed E-state index contributed by atoms with van der Waals surface area (Å²) >= 11 is 5.78. The molecule has 0 aromatic heterocycles. The Morgan fingerprint density at radius 2 is 1.79 bits per heavy atom. The number of ketones is 1. The molecule has 4 nitrogen and oxygen atoms in total. The van der Waals surface area contributed by atoms with Crippen LogP contribution in [0.4, 0.5) is 0 Å². The van der Waals surface area contributed by atoms with Gasteiger partial charge in [0.2, 0.25) is 12.1 Å². The van der Waals surface area contributed by atoms with E-state index in [0.29, 0.717) is 23.8 Å². The molecule has 0 heterocycles. The van der Waals surface area contributed by atoms with Gasteiger partial charge in [0.25, 0.3) is 0 Å². The Labute approximate surface area is 117 Å². The lowest BCUT2D eigenvalue weighted by atomic mass is 9.96. The van der Waals surface area contributed by atoms with Crippen LogP contribution in [0.1, 0.15) is 25.3 Å². The van der Waals surface area contributed by atoms with Gasteiger partial charge in [0.05, 0.1) is 6.07 Å². The van der Waals surface area contributed by atoms with E-state index in [-0.39, 0.29) is 0 Å². The molecule has 0 N–H and O–H groups in total. The summed E-state index contributed by atoms with van der Waals surface area (Å²) in [5, 5.41) is 9.74. The van der Waals surface area contributed by atoms with Crippen LogP contribution in [0.3, 0.4) is 0 Å². The molecule has 0 amide bonds. The van der Waals surface area contributed by atoms with Gasteiger partial charge >= 0.3 is 0 Å². The lowest BCUT2D eigenvalue weighted by Crippen LogP contribution is -2.31. The quantitative estimate of drug-likeness (QED) is 0.721. The Hall–Kier alpha value is -1.41. The molecule has 0 bridgehead atoms. The average molecular weight is 282 g/mol. The Balaban J connectivity index is 2.92. The van der Waals surface area contributed by atoms with Gasteiger partial charge in [0.1, 0.15) is 5.92 Å². The second-order valence-corrected chi connectivity index (χ2v) is 4.20. The standard InChI is InChI=1S/C14H16ClNO3/c1-3-18-14(19-4-2)13(17)12(9-16)10-5-7-11(15)8-6-10/h5-8,12,14H,3-4H2,1-2H3/t12-/m0/s1. The van der Waals surface area contributed by atoms with Gasteiger partial charge in [-0.05, 0) is 31.5 Å². The zero-order valence-corrected chi connectivity index (χ0v) is 11.7. The van der Waals surface area contributed by atoms with E-state index in [9.17, 15) is 10.1 Å². The molecular formula is C14H16ClNO3. The summed E-state index contributed by atoms with van der Waals surface area (Å²) in [6.45, 7) is 4.22. The van der Waals surface area contributed by atoms with Gasteiger partial charge in [0, 0.05) is 18.2 Å². The van der Waals surface area contributed by atoms with Crippen molar-refractivity contribution in [2.75, 3.05) is 13.2 Å². The number of hydrogen-bond donors (Lipinski definition) is 0. The number of carbonyl (C=O) groups excluding carboxylic acids is 1. The van der Waals surface area contributed by atoms with Gasteiger partial charge in [-0.3, -0.25) is 4.79 Å². The van der Waals surface area contributed by atoms with Crippen LogP contribution in [0.25, 0.3) is 0 Å². The maximum atomic E-state index is 12.2. The van der Waals surface area contributed by atoms with Crippen molar-refractivity contribution in [3.8, 4) is 6.07 Å². The van der Waals surface area contributed by atoms with E-state index in [4.69, 9.17) is 21.1 Å². The summed E-state index contributed by atoms with van der Waals surface area (Å²) in [5.41, 5.74) is 0.585. The van der Waals surface area contributed by atoms with E-state index in [1.807, 2.05) is 6.07 Å². The first-order valence-electron chi connectivity index (χ1n) is 6.06. The summed E-state index contributed by atoms with van der Waals surface area (Å²) in [6, 6.07) is 8.58. The summed E-state index contributed by atoms with van der Waals surface area (Å²) in [4.78, 5) is 12.2. The largest absolute Gasteiger partial charge is 0.346 e. The summed E-state index contributed by atoms with van der Waals surface area (Å²) in [6.07, 6.45) is -1.00. The Morgan fingerprint density at radius 3 is 2.21 bits per heavy atom. The lowest BCUT2D eigenvalue weighted by molar-refractivity contribution is -0.168. The predicted octanol–water partition coefficient (Wildman–Crippen LogP) is 2.92. The SMILES string of the molecule is CCOC(OCC)C(=O)[C@@H](C#N)c1ccc(Cl)cc1. The maximum absolute atomic E-state index is 12.2. The summed E-state index contributed by atoms with van der Waals surface area (Å²) in [7, 11) is 0. The molecule has 1 rings (SSSR count). The number of Topliss-reactive ketones (excluding diaryl/α,β-unsaturated/α-hetero) is 1. The van der Waals surface area contributed by atoms with Crippen LogP contribution in [0.15, 0.2) is 24.3 Å². The smallest absolute Gasteiger partial charge is 0.219 e. The highest BCUT2D eigenvalue weighted by Crippen LogP contribution is 2.21. The molecule has 0 saturated heterocycles. The number of halogens is 1. The van der Waals surface area contributed by atoms with Gasteiger partial charge < -0.3 is 9.47 Å². The average Bonchev–Trinajstić information content (AvgIpc) is 2.41. The van der Waals surface area contributed by atoms with Crippen molar-refractivity contribution in [3.63, 3.8) is 0 Å². The zero-order chi connectivity index (χ0) is 14.3. The molecule has 0 radical (unpaired) electrons. The fourth-order valence-corrected chi connectivity index (χ4v) is 1.73. The number of nitrogens with zero attached hydrogens (tertiary/aromatic N) is 1. The fraction of sp³-hybridized carbons (Fsp3) is 0.429. The third-order valence-corrected chi connectivity index (χ3v) is 2.74. The van der Waals surface area contributed by atoms with Crippen LogP contribution >= 0.6 is 11.6 Å². The molecule has 102 valence electrons. The van der Waals surface area contributed by atoms with E-state index < -0.39 is 18.0 Å². The van der Waals surface area contributed by atoms with Crippen molar-refractivity contribution in [3.05, 3.63) is 34.9 Å². The number of carbonyl (C=O) groups is 1. The van der Waals surface area contributed by atoms with Crippen LogP contribution in [0.2, 0.25) is 5.02 Å². The van der Waals surface area contributed by atoms with E-state index in [1.54, 1.807) is 38.1 Å². The molecule has 0 fully saturated rings. The third kappa shape index (κ3) is 4.32. The Morgan fingerprint density at radius 1 is 1.26 bits per heavy atom. The Kier molecular flexibility index (Phi) is 6.51. The first-order chi connectivity index (χ1) is 9.13. The second kappa shape index (κ2) is 7.90. The van der Waals surface area contributed by atoms with Crippen molar-refractivity contribution >= 4 is 17.4 Å². The van der Waals surface area contributed by atoms with Crippen molar-refractivity contribution in [2.45, 2.75) is 26.1 Å². The van der Waals surface area contributed by atoms with Gasteiger partial charge in [0.15, 0.2) is 0 Å². The molecular weight excluding hydrogens is 266 g/mol. The minimum Gasteiger partial charge on any atom is -0.346 e. The molecule has 1 aromatic carbocycles. The van der Waals surface area contributed by atoms with Crippen molar-refractivity contribution in [1.82, 2.24) is 0 Å². The monoisotopic (exact) mass is 281 g/mol. The predicted molar refractivity (Wildman–Crippen MR) is 71.9 cm³/mol. The molecule has 0 saturated carbocycles. The van der Waals surface area contributed by atoms with Crippen molar-refractivity contribution in [2.24, 2.45) is 0 Å². The van der Waals surface area contributed by atoms with Gasteiger partial charge in [-0.25, -0.2) is 0 Å². The Bertz CT molecular complexity index is 447. The number of hydrogen-bond acceptors (Lipinski definition) is 4.